The van der Waals surface area contributed by atoms with E-state index in [1.807, 2.05) is 0 Å². The van der Waals surface area contributed by atoms with E-state index < -0.39 is 68.9 Å². The molecule has 1 fully saturated rings. The summed E-state index contributed by atoms with van der Waals surface area (Å²) in [5, 5.41) is 2.23. The topological polar surface area (TPSA) is 199 Å². The van der Waals surface area contributed by atoms with Gasteiger partial charge in [-0.1, -0.05) is 0 Å². The number of carbonyl (C=O) groups excluding carboxylic acids is 4. The van der Waals surface area contributed by atoms with Crippen molar-refractivity contribution in [3.05, 3.63) is 0 Å². The third kappa shape index (κ3) is 19.1. The van der Waals surface area contributed by atoms with Crippen molar-refractivity contribution < 1.29 is 66.8 Å². The summed E-state index contributed by atoms with van der Waals surface area (Å²) in [6.07, 6.45) is -6.26. The second-order valence-electron chi connectivity index (χ2n) is 9.39. The number of ether oxygens (including phenoxy) is 4. The highest BCUT2D eigenvalue weighted by molar-refractivity contribution is 7.43. The summed E-state index contributed by atoms with van der Waals surface area (Å²) in [4.78, 5) is 71.1. The molecule has 0 unspecified atom stereocenters. The molecule has 1 rings (SSSR count). The second kappa shape index (κ2) is 22.4. The van der Waals surface area contributed by atoms with Crippen LogP contribution in [0.4, 0.5) is 0 Å². The molecule has 0 saturated carbocycles. The van der Waals surface area contributed by atoms with Crippen LogP contribution in [0, 0.1) is 0 Å². The van der Waals surface area contributed by atoms with Gasteiger partial charge in [-0.15, -0.1) is 0 Å². The van der Waals surface area contributed by atoms with Crippen LogP contribution in [0.5, 0.6) is 0 Å². The first-order chi connectivity index (χ1) is 19.5. The average molecular weight is 630 g/mol. The predicted molar refractivity (Wildman–Crippen MR) is 148 cm³/mol. The predicted octanol–water partition coefficient (Wildman–Crippen LogP) is -2.65. The molecule has 1 heterocycles. The normalized spacial score (nSPS) is 21.7. The van der Waals surface area contributed by atoms with Crippen molar-refractivity contribution in [3.8, 4) is 0 Å². The van der Waals surface area contributed by atoms with Crippen molar-refractivity contribution >= 4 is 31.6 Å². The van der Waals surface area contributed by atoms with Crippen LogP contribution >= 0.6 is 7.82 Å². The summed E-state index contributed by atoms with van der Waals surface area (Å²) in [6.45, 7) is 24.6. The van der Waals surface area contributed by atoms with Crippen LogP contribution in [0.25, 0.3) is 0 Å². The van der Waals surface area contributed by atoms with Crippen molar-refractivity contribution in [1.82, 2.24) is 5.32 Å². The molecule has 1 aliphatic heterocycles. The number of esters is 3. The molecule has 1 aliphatic rings. The molecular formula is C26H52N3O12P. The fourth-order valence-corrected chi connectivity index (χ4v) is 4.44. The fourth-order valence-electron chi connectivity index (χ4n) is 4.01. The number of carbonyl (C=O) groups is 4. The number of nitrogens with one attached hydrogen (secondary N) is 3. The summed E-state index contributed by atoms with van der Waals surface area (Å²) in [5.74, 6) is -3.17. The number of amides is 1. The lowest BCUT2D eigenvalue weighted by atomic mass is 9.96. The summed E-state index contributed by atoms with van der Waals surface area (Å²) < 4.78 is 35.6. The van der Waals surface area contributed by atoms with E-state index in [0.29, 0.717) is 0 Å². The molecule has 248 valence electrons. The van der Waals surface area contributed by atoms with E-state index in [9.17, 15) is 33.5 Å². The van der Waals surface area contributed by atoms with Gasteiger partial charge in [-0.05, 0) is 41.5 Å². The highest BCUT2D eigenvalue weighted by Gasteiger charge is 2.51. The number of hydrogen-bond acceptors (Lipinski definition) is 12. The Morgan fingerprint density at radius 3 is 1.43 bits per heavy atom. The maximum atomic E-state index is 11.5. The van der Waals surface area contributed by atoms with Gasteiger partial charge in [-0.3, -0.25) is 19.2 Å². The van der Waals surface area contributed by atoms with Crippen molar-refractivity contribution in [3.63, 3.8) is 0 Å². The molecule has 1 saturated heterocycles. The van der Waals surface area contributed by atoms with Crippen LogP contribution in [-0.2, 0) is 47.2 Å². The summed E-state index contributed by atoms with van der Waals surface area (Å²) in [6, 6.07) is -1.53. The summed E-state index contributed by atoms with van der Waals surface area (Å²) >= 11 is 0. The van der Waals surface area contributed by atoms with Crippen LogP contribution < -0.4 is 24.9 Å². The minimum atomic E-state index is -5.62. The average Bonchev–Trinajstić information content (AvgIpc) is 2.88. The van der Waals surface area contributed by atoms with Gasteiger partial charge < -0.3 is 52.9 Å². The van der Waals surface area contributed by atoms with Gasteiger partial charge in [0.05, 0.1) is 47.1 Å². The fraction of sp³-hybridized carbons (Fsp3) is 0.846. The molecule has 0 spiro atoms. The van der Waals surface area contributed by atoms with E-state index in [1.165, 1.54) is 39.3 Å². The Hall–Kier alpha value is -2.13. The van der Waals surface area contributed by atoms with Crippen LogP contribution in [0.3, 0.4) is 0 Å². The van der Waals surface area contributed by atoms with Crippen LogP contribution in [-0.4, -0.2) is 100 Å². The first-order valence-electron chi connectivity index (χ1n) is 14.3. The Labute approximate surface area is 249 Å². The van der Waals surface area contributed by atoms with Gasteiger partial charge in [-0.25, -0.2) is 0 Å². The van der Waals surface area contributed by atoms with E-state index in [4.69, 9.17) is 18.9 Å². The van der Waals surface area contributed by atoms with E-state index in [1.54, 1.807) is 9.80 Å². The number of quaternary nitrogens is 2. The Kier molecular flexibility index (Phi) is 22.4. The largest absolute Gasteiger partial charge is 0.790 e. The van der Waals surface area contributed by atoms with Crippen LogP contribution in [0.1, 0.15) is 69.2 Å². The molecule has 42 heavy (non-hydrogen) atoms. The second-order valence-corrected chi connectivity index (χ2v) is 10.5. The lowest BCUT2D eigenvalue weighted by Gasteiger charge is -2.47. The molecule has 16 heteroatoms. The van der Waals surface area contributed by atoms with Crippen molar-refractivity contribution in [1.29, 1.82) is 0 Å². The highest BCUT2D eigenvalue weighted by Crippen LogP contribution is 2.35. The quantitative estimate of drug-likeness (QED) is 0.109. The molecule has 3 N–H and O–H groups in total. The van der Waals surface area contributed by atoms with Gasteiger partial charge in [0, 0.05) is 27.7 Å². The zero-order valence-corrected chi connectivity index (χ0v) is 27.6. The van der Waals surface area contributed by atoms with Crippen molar-refractivity contribution in [2.75, 3.05) is 45.9 Å². The molecule has 0 aromatic carbocycles. The van der Waals surface area contributed by atoms with Gasteiger partial charge in [-0.2, -0.15) is 0 Å². The minimum absolute atomic E-state index is 0.556. The molecule has 0 bridgehead atoms. The number of rotatable bonds is 13. The maximum absolute atomic E-state index is 11.5. The van der Waals surface area contributed by atoms with Gasteiger partial charge >= 0.3 is 17.9 Å². The zero-order valence-electron chi connectivity index (χ0n) is 26.7. The summed E-state index contributed by atoms with van der Waals surface area (Å²) in [5.41, 5.74) is 0. The standard InChI is InChI=1S/C14H22NO12P.2C6H15N/c1-6(16)15-11-13(25-9(4)19)12(24-8(3)18)10(5-23-7(2)17)26-14(11)27-28(20,21)22;2*1-4-7(5-2)6-3/h10-14H,5H2,1-4H3,(H,15,16)(H2,20,21,22);2*4-6H2,1-3H3/t10-,11-,12-,13-,14-;;/m1../s1. The lowest BCUT2D eigenvalue weighted by Crippen LogP contribution is -3.11. The Balaban J connectivity index is 0. The molecule has 0 radical (unpaired) electrons. The van der Waals surface area contributed by atoms with Crippen molar-refractivity contribution in [2.24, 2.45) is 0 Å². The molecule has 1 amide bonds. The molecule has 0 aromatic heterocycles. The third-order valence-electron chi connectivity index (χ3n) is 6.30. The molecule has 0 aromatic rings. The van der Waals surface area contributed by atoms with E-state index in [2.05, 4.69) is 51.4 Å². The summed E-state index contributed by atoms with van der Waals surface area (Å²) in [7, 11) is -5.62. The molecule has 15 nitrogen and oxygen atoms in total. The van der Waals surface area contributed by atoms with Gasteiger partial charge in [0.2, 0.25) is 5.91 Å². The van der Waals surface area contributed by atoms with Crippen molar-refractivity contribution in [2.45, 2.75) is 99.9 Å². The minimum Gasteiger partial charge on any atom is -0.790 e. The SMILES string of the molecule is CC(=O)N[C@H]1[C@@H](OP(=O)([O-])[O-])O[C@H](COC(C)=O)[C@@H](OC(C)=O)[C@@H]1OC(C)=O.CC[NH+](CC)CC.CC[NH+](CC)CC. The number of hydrogen-bond donors (Lipinski definition) is 3. The molecule has 5 atom stereocenters. The van der Waals surface area contributed by atoms with Crippen LogP contribution in [0.15, 0.2) is 0 Å². The maximum Gasteiger partial charge on any atom is 0.303 e. The van der Waals surface area contributed by atoms with E-state index in [0.717, 1.165) is 27.7 Å². The lowest BCUT2D eigenvalue weighted by molar-refractivity contribution is -0.894. The Morgan fingerprint density at radius 2 is 1.14 bits per heavy atom. The van der Waals surface area contributed by atoms with Crippen LogP contribution in [0.2, 0.25) is 0 Å². The smallest absolute Gasteiger partial charge is 0.303 e. The van der Waals surface area contributed by atoms with E-state index in [-0.39, 0.29) is 0 Å². The first kappa shape index (κ1) is 42.0. The number of phosphoric ester groups is 1. The Morgan fingerprint density at radius 1 is 0.738 bits per heavy atom. The Bertz CT molecular complexity index is 825. The van der Waals surface area contributed by atoms with Gasteiger partial charge in [0.25, 0.3) is 0 Å². The molecule has 0 aliphatic carbocycles. The highest BCUT2D eigenvalue weighted by atomic mass is 31.2. The zero-order chi connectivity index (χ0) is 33.0. The first-order valence-corrected chi connectivity index (χ1v) is 15.7. The van der Waals surface area contributed by atoms with E-state index >= 15 is 0 Å². The molecular weight excluding hydrogens is 577 g/mol. The van der Waals surface area contributed by atoms with Gasteiger partial charge in [0.15, 0.2) is 18.5 Å². The van der Waals surface area contributed by atoms with Gasteiger partial charge in [0.1, 0.15) is 18.8 Å². The third-order valence-corrected chi connectivity index (χ3v) is 6.77. The number of phosphoric acid groups is 1. The monoisotopic (exact) mass is 629 g/mol.